The molecule has 0 saturated heterocycles. The number of rotatable bonds is 7. The number of methoxy groups -OCH3 is 1. The van der Waals surface area contributed by atoms with Crippen LogP contribution in [-0.2, 0) is 0 Å². The summed E-state index contributed by atoms with van der Waals surface area (Å²) in [5.41, 5.74) is 1.71. The van der Waals surface area contributed by atoms with Crippen molar-refractivity contribution in [3.8, 4) is 11.5 Å². The maximum atomic E-state index is 12.4. The Morgan fingerprint density at radius 2 is 1.63 bits per heavy atom. The van der Waals surface area contributed by atoms with Crippen LogP contribution in [-0.4, -0.2) is 29.6 Å². The van der Waals surface area contributed by atoms with Gasteiger partial charge >= 0.3 is 0 Å². The van der Waals surface area contributed by atoms with Crippen molar-refractivity contribution in [2.24, 2.45) is 0 Å². The maximum absolute atomic E-state index is 12.4. The highest BCUT2D eigenvalue weighted by molar-refractivity contribution is 6.03. The average molecular weight is 364 g/mol. The van der Waals surface area contributed by atoms with E-state index >= 15 is 0 Å². The number of nitrogens with zero attached hydrogens (tertiary/aromatic N) is 2. The van der Waals surface area contributed by atoms with Crippen LogP contribution in [0, 0.1) is 0 Å². The molecule has 27 heavy (non-hydrogen) atoms. The predicted octanol–water partition coefficient (Wildman–Crippen LogP) is 3.88. The van der Waals surface area contributed by atoms with Crippen LogP contribution < -0.4 is 20.1 Å². The zero-order valence-corrected chi connectivity index (χ0v) is 15.1. The van der Waals surface area contributed by atoms with Crippen molar-refractivity contribution in [3.63, 3.8) is 0 Å². The van der Waals surface area contributed by atoms with E-state index < -0.39 is 0 Å². The van der Waals surface area contributed by atoms with Crippen LogP contribution >= 0.6 is 0 Å². The topological polar surface area (TPSA) is 85.4 Å². The first kappa shape index (κ1) is 18.2. The Hall–Kier alpha value is -3.61. The van der Waals surface area contributed by atoms with E-state index in [0.29, 0.717) is 18.2 Å². The molecule has 7 heteroatoms. The van der Waals surface area contributed by atoms with E-state index in [1.807, 2.05) is 31.2 Å². The quantitative estimate of drug-likeness (QED) is 0.662. The first-order chi connectivity index (χ1) is 13.2. The summed E-state index contributed by atoms with van der Waals surface area (Å²) in [5, 5.41) is 5.87. The van der Waals surface area contributed by atoms with Gasteiger partial charge in [0.25, 0.3) is 5.91 Å². The van der Waals surface area contributed by atoms with Crippen LogP contribution in [0.1, 0.15) is 17.4 Å². The van der Waals surface area contributed by atoms with Crippen LogP contribution in [0.3, 0.4) is 0 Å². The molecule has 0 aliphatic heterocycles. The lowest BCUT2D eigenvalue weighted by Crippen LogP contribution is -2.14. The zero-order chi connectivity index (χ0) is 19.1. The van der Waals surface area contributed by atoms with E-state index in [0.717, 1.165) is 17.2 Å². The summed E-state index contributed by atoms with van der Waals surface area (Å²) in [6.07, 6.45) is 1.53. The SMILES string of the molecule is CCOc1ccc(Nc2nccc(C(=O)Nc3ccc(OC)cc3)n2)cc1. The molecule has 2 N–H and O–H groups in total. The van der Waals surface area contributed by atoms with E-state index in [9.17, 15) is 4.79 Å². The molecule has 0 unspecified atom stereocenters. The minimum atomic E-state index is -0.322. The zero-order valence-electron chi connectivity index (χ0n) is 15.1. The first-order valence-corrected chi connectivity index (χ1v) is 8.46. The van der Waals surface area contributed by atoms with Gasteiger partial charge in [-0.1, -0.05) is 0 Å². The molecular formula is C20H20N4O3. The third kappa shape index (κ3) is 4.94. The average Bonchev–Trinajstić information content (AvgIpc) is 2.70. The van der Waals surface area contributed by atoms with Gasteiger partial charge in [-0.3, -0.25) is 4.79 Å². The number of carbonyl (C=O) groups is 1. The van der Waals surface area contributed by atoms with Gasteiger partial charge in [0.1, 0.15) is 17.2 Å². The number of aromatic nitrogens is 2. The van der Waals surface area contributed by atoms with Crippen LogP contribution in [0.5, 0.6) is 11.5 Å². The van der Waals surface area contributed by atoms with E-state index in [1.165, 1.54) is 6.20 Å². The highest BCUT2D eigenvalue weighted by atomic mass is 16.5. The normalized spacial score (nSPS) is 10.1. The molecule has 1 aromatic heterocycles. The lowest BCUT2D eigenvalue weighted by Gasteiger charge is -2.09. The van der Waals surface area contributed by atoms with Crippen molar-refractivity contribution in [2.45, 2.75) is 6.92 Å². The molecule has 0 bridgehead atoms. The van der Waals surface area contributed by atoms with Gasteiger partial charge in [0.05, 0.1) is 13.7 Å². The second kappa shape index (κ2) is 8.66. The molecule has 0 spiro atoms. The summed E-state index contributed by atoms with van der Waals surface area (Å²) in [4.78, 5) is 20.8. The Balaban J connectivity index is 1.67. The molecule has 138 valence electrons. The number of benzene rings is 2. The highest BCUT2D eigenvalue weighted by Gasteiger charge is 2.10. The minimum Gasteiger partial charge on any atom is -0.497 e. The molecular weight excluding hydrogens is 344 g/mol. The third-order valence-corrected chi connectivity index (χ3v) is 3.66. The Bertz CT molecular complexity index is 896. The fourth-order valence-corrected chi connectivity index (χ4v) is 2.35. The fraction of sp³-hybridized carbons (Fsp3) is 0.150. The smallest absolute Gasteiger partial charge is 0.274 e. The molecule has 7 nitrogen and oxygen atoms in total. The summed E-state index contributed by atoms with van der Waals surface area (Å²) >= 11 is 0. The summed E-state index contributed by atoms with van der Waals surface area (Å²) in [7, 11) is 1.59. The predicted molar refractivity (Wildman–Crippen MR) is 104 cm³/mol. The molecule has 1 heterocycles. The van der Waals surface area contributed by atoms with Gasteiger partial charge in [-0.05, 0) is 61.5 Å². The molecule has 0 aliphatic carbocycles. The van der Waals surface area contributed by atoms with Crippen molar-refractivity contribution in [3.05, 3.63) is 66.5 Å². The van der Waals surface area contributed by atoms with Crippen molar-refractivity contribution in [2.75, 3.05) is 24.4 Å². The Morgan fingerprint density at radius 1 is 0.963 bits per heavy atom. The molecule has 0 atom stereocenters. The summed E-state index contributed by atoms with van der Waals surface area (Å²) in [6, 6.07) is 16.0. The van der Waals surface area contributed by atoms with E-state index in [4.69, 9.17) is 9.47 Å². The molecule has 1 amide bonds. The molecule has 3 rings (SSSR count). The van der Waals surface area contributed by atoms with Crippen molar-refractivity contribution >= 4 is 23.2 Å². The van der Waals surface area contributed by atoms with Crippen LogP contribution in [0.25, 0.3) is 0 Å². The van der Waals surface area contributed by atoms with E-state index in [-0.39, 0.29) is 11.6 Å². The second-order valence-electron chi connectivity index (χ2n) is 5.53. The van der Waals surface area contributed by atoms with Crippen molar-refractivity contribution < 1.29 is 14.3 Å². The second-order valence-corrected chi connectivity index (χ2v) is 5.53. The lowest BCUT2D eigenvalue weighted by atomic mass is 10.3. The van der Waals surface area contributed by atoms with Gasteiger partial charge in [-0.25, -0.2) is 9.97 Å². The number of hydrogen-bond acceptors (Lipinski definition) is 6. The molecule has 0 aliphatic rings. The number of hydrogen-bond donors (Lipinski definition) is 2. The van der Waals surface area contributed by atoms with Gasteiger partial charge in [0.2, 0.25) is 5.95 Å². The standard InChI is InChI=1S/C20H20N4O3/c1-3-27-17-10-6-15(7-11-17)23-20-21-13-12-18(24-20)19(25)22-14-4-8-16(26-2)9-5-14/h4-13H,3H2,1-2H3,(H,22,25)(H,21,23,24). The van der Waals surface area contributed by atoms with Crippen LogP contribution in [0.4, 0.5) is 17.3 Å². The summed E-state index contributed by atoms with van der Waals surface area (Å²) in [5.74, 6) is 1.52. The molecule has 0 saturated carbocycles. The Labute approximate surface area is 157 Å². The lowest BCUT2D eigenvalue weighted by molar-refractivity contribution is 0.102. The number of carbonyl (C=O) groups excluding carboxylic acids is 1. The Kier molecular flexibility index (Phi) is 5.84. The monoisotopic (exact) mass is 364 g/mol. The van der Waals surface area contributed by atoms with E-state index in [2.05, 4.69) is 20.6 Å². The summed E-state index contributed by atoms with van der Waals surface area (Å²) in [6.45, 7) is 2.55. The minimum absolute atomic E-state index is 0.259. The van der Waals surface area contributed by atoms with Gasteiger partial charge in [-0.15, -0.1) is 0 Å². The number of nitrogens with one attached hydrogen (secondary N) is 2. The number of ether oxygens (including phenoxy) is 2. The third-order valence-electron chi connectivity index (χ3n) is 3.66. The van der Waals surface area contributed by atoms with Gasteiger partial charge < -0.3 is 20.1 Å². The highest BCUT2D eigenvalue weighted by Crippen LogP contribution is 2.19. The molecule has 2 aromatic carbocycles. The Morgan fingerprint density at radius 3 is 2.30 bits per heavy atom. The fourth-order valence-electron chi connectivity index (χ4n) is 2.35. The van der Waals surface area contributed by atoms with Crippen LogP contribution in [0.2, 0.25) is 0 Å². The van der Waals surface area contributed by atoms with Crippen molar-refractivity contribution in [1.82, 2.24) is 9.97 Å². The summed E-state index contributed by atoms with van der Waals surface area (Å²) < 4.78 is 10.5. The molecule has 0 radical (unpaired) electrons. The molecule has 3 aromatic rings. The van der Waals surface area contributed by atoms with Gasteiger partial charge in [0.15, 0.2) is 0 Å². The van der Waals surface area contributed by atoms with Crippen LogP contribution in [0.15, 0.2) is 60.8 Å². The van der Waals surface area contributed by atoms with Crippen molar-refractivity contribution in [1.29, 1.82) is 0 Å². The number of anilines is 3. The number of amides is 1. The maximum Gasteiger partial charge on any atom is 0.274 e. The largest absolute Gasteiger partial charge is 0.497 e. The van der Waals surface area contributed by atoms with Gasteiger partial charge in [-0.2, -0.15) is 0 Å². The first-order valence-electron chi connectivity index (χ1n) is 8.46. The van der Waals surface area contributed by atoms with E-state index in [1.54, 1.807) is 37.4 Å². The van der Waals surface area contributed by atoms with Gasteiger partial charge in [0, 0.05) is 17.6 Å². The molecule has 0 fully saturated rings.